The second-order valence-electron chi connectivity index (χ2n) is 7.62. The van der Waals surface area contributed by atoms with Crippen LogP contribution in [0, 0.1) is 6.92 Å². The normalized spacial score (nSPS) is 11.5. The van der Waals surface area contributed by atoms with Gasteiger partial charge in [0.1, 0.15) is 5.75 Å². The first-order chi connectivity index (χ1) is 15.9. The molecule has 2 aromatic carbocycles. The van der Waals surface area contributed by atoms with Gasteiger partial charge < -0.3 is 14.6 Å². The highest BCUT2D eigenvalue weighted by Gasteiger charge is 2.27. The van der Waals surface area contributed by atoms with Crippen molar-refractivity contribution in [3.05, 3.63) is 78.4 Å². The number of imidazole rings is 1. The van der Waals surface area contributed by atoms with Gasteiger partial charge in [-0.15, -0.1) is 0 Å². The van der Waals surface area contributed by atoms with Crippen molar-refractivity contribution in [2.45, 2.75) is 38.3 Å². The standard InChI is InChI=1S/C24H30N4O4S/c1-3-32-23-11-10-22(16-20(23)2)33(30,31)28(17-21-8-5-4-6-9-21)18-24(29)26-12-7-14-27-15-13-25-19-27/h4-6,8-11,13,15-16,19H,3,7,12,14,17-18H2,1-2H3,(H,26,29). The number of amides is 1. The van der Waals surface area contributed by atoms with Crippen molar-refractivity contribution in [1.82, 2.24) is 19.2 Å². The molecule has 3 rings (SSSR count). The second-order valence-corrected chi connectivity index (χ2v) is 9.56. The SMILES string of the molecule is CCOc1ccc(S(=O)(=O)N(CC(=O)NCCCn2ccnc2)Cc2ccccc2)cc1C. The van der Waals surface area contributed by atoms with Crippen LogP contribution in [0.25, 0.3) is 0 Å². The minimum Gasteiger partial charge on any atom is -0.494 e. The minimum atomic E-state index is -3.91. The summed E-state index contributed by atoms with van der Waals surface area (Å²) in [6, 6.07) is 14.0. The number of nitrogens with zero attached hydrogens (tertiary/aromatic N) is 3. The Kier molecular flexibility index (Phi) is 8.62. The topological polar surface area (TPSA) is 93.5 Å². The molecule has 0 aliphatic carbocycles. The van der Waals surface area contributed by atoms with Gasteiger partial charge in [-0.2, -0.15) is 4.31 Å². The van der Waals surface area contributed by atoms with E-state index in [1.54, 1.807) is 31.6 Å². The molecule has 0 fully saturated rings. The highest BCUT2D eigenvalue weighted by molar-refractivity contribution is 7.89. The summed E-state index contributed by atoms with van der Waals surface area (Å²) in [5.41, 5.74) is 1.53. The molecule has 0 spiro atoms. The summed E-state index contributed by atoms with van der Waals surface area (Å²) >= 11 is 0. The quantitative estimate of drug-likeness (QED) is 0.411. The predicted octanol–water partition coefficient (Wildman–Crippen LogP) is 2.99. The first-order valence-corrected chi connectivity index (χ1v) is 12.3. The predicted molar refractivity (Wildman–Crippen MR) is 126 cm³/mol. The van der Waals surface area contributed by atoms with Crippen LogP contribution in [0.2, 0.25) is 0 Å². The number of benzene rings is 2. The van der Waals surface area contributed by atoms with E-state index < -0.39 is 10.0 Å². The van der Waals surface area contributed by atoms with Crippen LogP contribution in [0.15, 0.2) is 72.1 Å². The number of aromatic nitrogens is 2. The molecular weight excluding hydrogens is 440 g/mol. The fraction of sp³-hybridized carbons (Fsp3) is 0.333. The third-order valence-corrected chi connectivity index (χ3v) is 6.87. The molecular formula is C24H30N4O4S. The maximum Gasteiger partial charge on any atom is 0.243 e. The largest absolute Gasteiger partial charge is 0.494 e. The number of rotatable bonds is 12. The molecule has 0 radical (unpaired) electrons. The number of hydrogen-bond donors (Lipinski definition) is 1. The monoisotopic (exact) mass is 470 g/mol. The Hall–Kier alpha value is -3.17. The molecule has 0 aliphatic rings. The summed E-state index contributed by atoms with van der Waals surface area (Å²) in [5, 5.41) is 2.82. The Balaban J connectivity index is 1.72. The van der Waals surface area contributed by atoms with Crippen molar-refractivity contribution in [2.75, 3.05) is 19.7 Å². The molecule has 0 bridgehead atoms. The zero-order valence-electron chi connectivity index (χ0n) is 19.0. The van der Waals surface area contributed by atoms with Crippen LogP contribution >= 0.6 is 0 Å². The fourth-order valence-corrected chi connectivity index (χ4v) is 4.86. The van der Waals surface area contributed by atoms with Gasteiger partial charge in [-0.05, 0) is 49.6 Å². The maximum atomic E-state index is 13.5. The van der Waals surface area contributed by atoms with E-state index in [9.17, 15) is 13.2 Å². The zero-order valence-corrected chi connectivity index (χ0v) is 19.8. The summed E-state index contributed by atoms with van der Waals surface area (Å²) in [5.74, 6) is 0.296. The van der Waals surface area contributed by atoms with E-state index in [0.29, 0.717) is 25.3 Å². The van der Waals surface area contributed by atoms with E-state index in [1.807, 2.05) is 48.0 Å². The third kappa shape index (κ3) is 6.90. The highest BCUT2D eigenvalue weighted by Crippen LogP contribution is 2.25. The minimum absolute atomic E-state index is 0.0951. The first-order valence-electron chi connectivity index (χ1n) is 10.9. The summed E-state index contributed by atoms with van der Waals surface area (Å²) in [6.07, 6.45) is 5.99. The van der Waals surface area contributed by atoms with Crippen molar-refractivity contribution >= 4 is 15.9 Å². The Morgan fingerprint density at radius 3 is 2.64 bits per heavy atom. The number of nitrogens with one attached hydrogen (secondary N) is 1. The van der Waals surface area contributed by atoms with Crippen molar-refractivity contribution in [1.29, 1.82) is 0 Å². The Bertz CT molecular complexity index is 1130. The Morgan fingerprint density at radius 1 is 1.18 bits per heavy atom. The van der Waals surface area contributed by atoms with E-state index in [-0.39, 0.29) is 23.9 Å². The van der Waals surface area contributed by atoms with E-state index in [4.69, 9.17) is 4.74 Å². The van der Waals surface area contributed by atoms with Gasteiger partial charge in [-0.25, -0.2) is 13.4 Å². The molecule has 1 aromatic heterocycles. The average Bonchev–Trinajstić information content (AvgIpc) is 3.32. The van der Waals surface area contributed by atoms with E-state index in [0.717, 1.165) is 17.7 Å². The molecule has 1 heterocycles. The van der Waals surface area contributed by atoms with Crippen LogP contribution in [0.4, 0.5) is 0 Å². The smallest absolute Gasteiger partial charge is 0.243 e. The molecule has 0 unspecified atom stereocenters. The molecule has 176 valence electrons. The molecule has 33 heavy (non-hydrogen) atoms. The summed E-state index contributed by atoms with van der Waals surface area (Å²) in [7, 11) is -3.91. The molecule has 0 saturated carbocycles. The molecule has 1 amide bonds. The van der Waals surface area contributed by atoms with Crippen LogP contribution in [-0.4, -0.2) is 47.9 Å². The van der Waals surface area contributed by atoms with Crippen molar-refractivity contribution in [2.24, 2.45) is 0 Å². The van der Waals surface area contributed by atoms with Crippen LogP contribution in [0.3, 0.4) is 0 Å². The highest BCUT2D eigenvalue weighted by atomic mass is 32.2. The Morgan fingerprint density at radius 2 is 1.97 bits per heavy atom. The molecule has 0 aliphatic heterocycles. The molecule has 1 N–H and O–H groups in total. The zero-order chi connectivity index (χ0) is 23.7. The summed E-state index contributed by atoms with van der Waals surface area (Å²) in [4.78, 5) is 16.8. The van der Waals surface area contributed by atoms with Gasteiger partial charge in [0.2, 0.25) is 15.9 Å². The summed E-state index contributed by atoms with van der Waals surface area (Å²) < 4.78 is 35.6. The van der Waals surface area contributed by atoms with Gasteiger partial charge in [0.05, 0.1) is 24.4 Å². The lowest BCUT2D eigenvalue weighted by atomic mass is 10.2. The van der Waals surface area contributed by atoms with Gasteiger partial charge >= 0.3 is 0 Å². The molecule has 0 saturated heterocycles. The van der Waals surface area contributed by atoms with Crippen LogP contribution < -0.4 is 10.1 Å². The molecule has 9 heteroatoms. The molecule has 0 atom stereocenters. The lowest BCUT2D eigenvalue weighted by molar-refractivity contribution is -0.121. The Labute approximate surface area is 195 Å². The number of carbonyl (C=O) groups is 1. The molecule has 8 nitrogen and oxygen atoms in total. The summed E-state index contributed by atoms with van der Waals surface area (Å²) in [6.45, 7) is 5.16. The van der Waals surface area contributed by atoms with Crippen molar-refractivity contribution < 1.29 is 17.9 Å². The average molecular weight is 471 g/mol. The van der Waals surface area contributed by atoms with Gasteiger partial charge in [0.25, 0.3) is 0 Å². The van der Waals surface area contributed by atoms with E-state index in [1.165, 1.54) is 10.4 Å². The van der Waals surface area contributed by atoms with Gasteiger partial charge in [-0.3, -0.25) is 4.79 Å². The lowest BCUT2D eigenvalue weighted by Crippen LogP contribution is -2.40. The fourth-order valence-electron chi connectivity index (χ4n) is 3.39. The van der Waals surface area contributed by atoms with Crippen LogP contribution in [-0.2, 0) is 27.9 Å². The van der Waals surface area contributed by atoms with Gasteiger partial charge in [0.15, 0.2) is 0 Å². The van der Waals surface area contributed by atoms with Crippen LogP contribution in [0.5, 0.6) is 5.75 Å². The van der Waals surface area contributed by atoms with Crippen LogP contribution in [0.1, 0.15) is 24.5 Å². The number of ether oxygens (including phenoxy) is 1. The molecule has 3 aromatic rings. The third-order valence-electron chi connectivity index (χ3n) is 5.08. The first kappa shape index (κ1) is 24.5. The van der Waals surface area contributed by atoms with Crippen molar-refractivity contribution in [3.63, 3.8) is 0 Å². The van der Waals surface area contributed by atoms with E-state index >= 15 is 0 Å². The van der Waals surface area contributed by atoms with E-state index in [2.05, 4.69) is 10.3 Å². The van der Waals surface area contributed by atoms with Gasteiger partial charge in [-0.1, -0.05) is 30.3 Å². The number of sulfonamides is 1. The number of aryl methyl sites for hydroxylation is 2. The lowest BCUT2D eigenvalue weighted by Gasteiger charge is -2.22. The maximum absolute atomic E-state index is 13.5. The van der Waals surface area contributed by atoms with Gasteiger partial charge in [0, 0.05) is 32.0 Å². The second kappa shape index (κ2) is 11.6. The number of hydrogen-bond acceptors (Lipinski definition) is 5. The van der Waals surface area contributed by atoms with Crippen molar-refractivity contribution in [3.8, 4) is 5.75 Å². The number of carbonyl (C=O) groups excluding carboxylic acids is 1.